The zero-order valence-corrected chi connectivity index (χ0v) is 13.7. The number of nitrogens with one attached hydrogen (secondary N) is 1. The van der Waals surface area contributed by atoms with Crippen LogP contribution in [0.1, 0.15) is 25.2 Å². The van der Waals surface area contributed by atoms with Crippen LogP contribution in [0.3, 0.4) is 0 Å². The number of hydrogen-bond acceptors (Lipinski definition) is 3. The van der Waals surface area contributed by atoms with Crippen molar-refractivity contribution in [2.75, 3.05) is 12.9 Å². The smallest absolute Gasteiger partial charge is 0.227 e. The first-order valence-electron chi connectivity index (χ1n) is 6.99. The van der Waals surface area contributed by atoms with E-state index in [0.717, 1.165) is 22.6 Å². The Morgan fingerprint density at radius 1 is 1.48 bits per heavy atom. The van der Waals surface area contributed by atoms with Gasteiger partial charge in [0.15, 0.2) is 5.65 Å². The molecule has 0 unspecified atom stereocenters. The van der Waals surface area contributed by atoms with Gasteiger partial charge in [0.05, 0.1) is 5.41 Å². The third-order valence-corrected chi connectivity index (χ3v) is 3.70. The molecule has 2 aromatic rings. The molecule has 0 saturated carbocycles. The van der Waals surface area contributed by atoms with Gasteiger partial charge in [-0.25, -0.2) is 9.97 Å². The molecule has 0 saturated heterocycles. The molecule has 0 spiro atoms. The van der Waals surface area contributed by atoms with Gasteiger partial charge in [0, 0.05) is 32.1 Å². The van der Waals surface area contributed by atoms with E-state index in [-0.39, 0.29) is 5.91 Å². The average Bonchev–Trinajstić information content (AvgIpc) is 2.74. The van der Waals surface area contributed by atoms with Crippen molar-refractivity contribution in [3.05, 3.63) is 23.7 Å². The molecule has 6 heteroatoms. The molecule has 2 heterocycles. The maximum Gasteiger partial charge on any atom is 0.227 e. The van der Waals surface area contributed by atoms with Crippen molar-refractivity contribution in [3.63, 3.8) is 0 Å². The number of alkyl halides is 1. The Balaban J connectivity index is 2.50. The van der Waals surface area contributed by atoms with Crippen LogP contribution in [0.15, 0.2) is 12.3 Å². The lowest BCUT2D eigenvalue weighted by atomic mass is 9.92. The van der Waals surface area contributed by atoms with Crippen LogP contribution in [0, 0.1) is 12.3 Å². The number of aryl methyl sites for hydroxylation is 2. The molecule has 0 aliphatic carbocycles. The largest absolute Gasteiger partial charge is 0.359 e. The second-order valence-corrected chi connectivity index (χ2v) is 6.25. The summed E-state index contributed by atoms with van der Waals surface area (Å²) in [5, 5.41) is 2.71. The maximum atomic E-state index is 12.0. The van der Waals surface area contributed by atoms with Crippen LogP contribution in [0.25, 0.3) is 11.2 Å². The van der Waals surface area contributed by atoms with Gasteiger partial charge >= 0.3 is 0 Å². The summed E-state index contributed by atoms with van der Waals surface area (Å²) in [7, 11) is 1.65. The summed E-state index contributed by atoms with van der Waals surface area (Å²) in [5.41, 5.74) is 2.17. The Bertz CT molecular complexity index is 663. The number of rotatable bonds is 5. The molecule has 21 heavy (non-hydrogen) atoms. The highest BCUT2D eigenvalue weighted by Gasteiger charge is 2.29. The fourth-order valence-electron chi connectivity index (χ4n) is 2.41. The number of amides is 1. The number of fused-ring (bicyclic) bond motifs is 1. The van der Waals surface area contributed by atoms with E-state index in [1.165, 1.54) is 0 Å². The van der Waals surface area contributed by atoms with Crippen LogP contribution >= 0.6 is 11.6 Å². The number of halogens is 1. The molecular formula is C15H21ClN4O. The predicted octanol–water partition coefficient (Wildman–Crippen LogP) is 2.29. The Hall–Kier alpha value is -1.62. The van der Waals surface area contributed by atoms with Gasteiger partial charge in [0.2, 0.25) is 5.91 Å². The van der Waals surface area contributed by atoms with Gasteiger partial charge in [0.25, 0.3) is 0 Å². The Kier molecular flexibility index (Phi) is 4.52. The summed E-state index contributed by atoms with van der Waals surface area (Å²) in [5.74, 6) is 1.35. The average molecular weight is 309 g/mol. The molecule has 2 aromatic heterocycles. The predicted molar refractivity (Wildman–Crippen MR) is 84.5 cm³/mol. The summed E-state index contributed by atoms with van der Waals surface area (Å²) in [6, 6.07) is 2.00. The first-order valence-corrected chi connectivity index (χ1v) is 7.52. The molecule has 0 aromatic carbocycles. The summed E-state index contributed by atoms with van der Waals surface area (Å²) < 4.78 is 2.01. The van der Waals surface area contributed by atoms with Gasteiger partial charge in [-0.2, -0.15) is 0 Å². The second kappa shape index (κ2) is 6.02. The first-order chi connectivity index (χ1) is 9.89. The molecule has 2 rings (SSSR count). The third kappa shape index (κ3) is 3.18. The van der Waals surface area contributed by atoms with Crippen molar-refractivity contribution in [2.45, 2.75) is 33.7 Å². The molecule has 0 fully saturated rings. The molecular weight excluding hydrogens is 288 g/mol. The third-order valence-electron chi connectivity index (χ3n) is 3.51. The first kappa shape index (κ1) is 15.8. The van der Waals surface area contributed by atoms with Crippen LogP contribution in [0.5, 0.6) is 0 Å². The lowest BCUT2D eigenvalue weighted by Gasteiger charge is -2.24. The van der Waals surface area contributed by atoms with Crippen LogP contribution < -0.4 is 5.32 Å². The number of nitrogens with zero attached hydrogens (tertiary/aromatic N) is 3. The van der Waals surface area contributed by atoms with E-state index in [2.05, 4.69) is 15.3 Å². The molecule has 0 aliphatic heterocycles. The van der Waals surface area contributed by atoms with Crippen molar-refractivity contribution in [3.8, 4) is 0 Å². The van der Waals surface area contributed by atoms with Gasteiger partial charge < -0.3 is 9.88 Å². The molecule has 1 N–H and O–H groups in total. The van der Waals surface area contributed by atoms with E-state index >= 15 is 0 Å². The van der Waals surface area contributed by atoms with Crippen LogP contribution in [-0.2, 0) is 17.8 Å². The number of carbonyl (C=O) groups is 1. The van der Waals surface area contributed by atoms with E-state index in [4.69, 9.17) is 11.6 Å². The topological polar surface area (TPSA) is 59.8 Å². The summed E-state index contributed by atoms with van der Waals surface area (Å²) in [6.45, 7) is 6.33. The summed E-state index contributed by atoms with van der Waals surface area (Å²) >= 11 is 5.87. The maximum absolute atomic E-state index is 12.0. The van der Waals surface area contributed by atoms with E-state index < -0.39 is 5.41 Å². The highest BCUT2D eigenvalue weighted by Crippen LogP contribution is 2.24. The number of pyridine rings is 1. The van der Waals surface area contributed by atoms with E-state index in [1.807, 2.05) is 37.6 Å². The van der Waals surface area contributed by atoms with Crippen molar-refractivity contribution < 1.29 is 4.79 Å². The van der Waals surface area contributed by atoms with Crippen LogP contribution in [0.2, 0.25) is 0 Å². The minimum absolute atomic E-state index is 0.00622. The fraction of sp³-hybridized carbons (Fsp3) is 0.533. The number of aromatic nitrogens is 3. The Labute approximate surface area is 129 Å². The minimum atomic E-state index is -0.546. The monoisotopic (exact) mass is 308 g/mol. The van der Waals surface area contributed by atoms with Gasteiger partial charge in [-0.3, -0.25) is 4.79 Å². The van der Waals surface area contributed by atoms with Gasteiger partial charge in [-0.05, 0) is 32.4 Å². The van der Waals surface area contributed by atoms with Crippen molar-refractivity contribution in [1.29, 1.82) is 0 Å². The molecule has 0 atom stereocenters. The Morgan fingerprint density at radius 3 is 2.81 bits per heavy atom. The number of hydrogen-bond donors (Lipinski definition) is 1. The lowest BCUT2D eigenvalue weighted by molar-refractivity contribution is -0.129. The Morgan fingerprint density at radius 2 is 2.19 bits per heavy atom. The normalized spacial score (nSPS) is 11.9. The molecule has 5 nitrogen and oxygen atoms in total. The standard InChI is InChI=1S/C15H21ClN4O/c1-10-7-11-13(18-8-10)20(12(19-11)5-6-16)9-15(2,3)14(21)17-4/h7-8H,5-6,9H2,1-4H3,(H,17,21). The molecule has 0 bridgehead atoms. The fourth-order valence-corrected chi connectivity index (χ4v) is 2.57. The van der Waals surface area contributed by atoms with E-state index in [0.29, 0.717) is 18.8 Å². The molecule has 114 valence electrons. The van der Waals surface area contributed by atoms with Crippen LogP contribution in [-0.4, -0.2) is 33.4 Å². The SMILES string of the molecule is CNC(=O)C(C)(C)Cn1c(CCCl)nc2cc(C)cnc21. The molecule has 0 radical (unpaired) electrons. The zero-order chi connectivity index (χ0) is 15.6. The second-order valence-electron chi connectivity index (χ2n) is 5.87. The lowest BCUT2D eigenvalue weighted by Crippen LogP contribution is -2.38. The number of carbonyl (C=O) groups excluding carboxylic acids is 1. The highest BCUT2D eigenvalue weighted by molar-refractivity contribution is 6.17. The van der Waals surface area contributed by atoms with E-state index in [1.54, 1.807) is 7.05 Å². The quantitative estimate of drug-likeness (QED) is 0.862. The molecule has 0 aliphatic rings. The summed E-state index contributed by atoms with van der Waals surface area (Å²) in [6.07, 6.45) is 2.47. The van der Waals surface area contributed by atoms with Crippen molar-refractivity contribution >= 4 is 28.7 Å². The van der Waals surface area contributed by atoms with Gasteiger partial charge in [0.1, 0.15) is 11.3 Å². The summed E-state index contributed by atoms with van der Waals surface area (Å²) in [4.78, 5) is 21.1. The van der Waals surface area contributed by atoms with Crippen molar-refractivity contribution in [2.24, 2.45) is 5.41 Å². The minimum Gasteiger partial charge on any atom is -0.359 e. The van der Waals surface area contributed by atoms with Crippen LogP contribution in [0.4, 0.5) is 0 Å². The van der Waals surface area contributed by atoms with Gasteiger partial charge in [-0.1, -0.05) is 0 Å². The highest BCUT2D eigenvalue weighted by atomic mass is 35.5. The zero-order valence-electron chi connectivity index (χ0n) is 12.9. The molecule has 1 amide bonds. The van der Waals surface area contributed by atoms with E-state index in [9.17, 15) is 4.79 Å². The van der Waals surface area contributed by atoms with Crippen molar-refractivity contribution in [1.82, 2.24) is 19.9 Å². The van der Waals surface area contributed by atoms with Gasteiger partial charge in [-0.15, -0.1) is 11.6 Å². The number of imidazole rings is 1.